The van der Waals surface area contributed by atoms with Gasteiger partial charge < -0.3 is 21.1 Å². The lowest BCUT2D eigenvalue weighted by Gasteiger charge is -2.18. The van der Waals surface area contributed by atoms with Crippen LogP contribution in [0.4, 0.5) is 5.69 Å². The zero-order valence-corrected chi connectivity index (χ0v) is 28.0. The number of hydrogen-bond acceptors (Lipinski definition) is 8. The molecule has 1 atom stereocenters. The second-order valence-corrected chi connectivity index (χ2v) is 12.7. The molecule has 5 rings (SSSR count). The van der Waals surface area contributed by atoms with Crippen LogP contribution in [0.2, 0.25) is 5.02 Å². The molecule has 0 bridgehead atoms. The molecule has 47 heavy (non-hydrogen) atoms. The number of aromatic carboxylic acids is 1. The minimum absolute atomic E-state index is 0.0332. The van der Waals surface area contributed by atoms with Crippen LogP contribution in [0, 0.1) is 32.6 Å². The molecule has 3 heterocycles. The van der Waals surface area contributed by atoms with E-state index < -0.39 is 12.0 Å². The summed E-state index contributed by atoms with van der Waals surface area (Å²) in [6.45, 7) is 6.39. The zero-order valence-electron chi connectivity index (χ0n) is 26.4. The molecule has 1 aliphatic heterocycles. The normalized spacial score (nSPS) is 13.4. The summed E-state index contributed by atoms with van der Waals surface area (Å²) in [7, 11) is 1.61. The highest BCUT2D eigenvalue weighted by atomic mass is 35.5. The number of fused-ring (bicyclic) bond motifs is 3. The van der Waals surface area contributed by atoms with Gasteiger partial charge in [0.15, 0.2) is 5.82 Å². The number of carboxylic acids is 1. The molecular formula is C34H34ClN7O4S. The SMILES string of the molecule is Cc1sc2c(c1C)C(c1ccc(Cl)cc1)=N[C@@H](CC(=O)NCCCC(=O)N(C)c1ccc(C(=O)O)c(C#CCN)c1)c1nnc(C)n1-2. The number of nitrogens with two attached hydrogens (primary N) is 1. The van der Waals surface area contributed by atoms with Crippen LogP contribution in [0.5, 0.6) is 0 Å². The average molecular weight is 672 g/mol. The maximum absolute atomic E-state index is 13.3. The van der Waals surface area contributed by atoms with E-state index in [0.717, 1.165) is 32.3 Å². The van der Waals surface area contributed by atoms with E-state index in [0.29, 0.717) is 28.8 Å². The fraction of sp³-hybridized carbons (Fsp3) is 0.294. The lowest BCUT2D eigenvalue weighted by Crippen LogP contribution is -2.29. The third kappa shape index (κ3) is 7.12. The van der Waals surface area contributed by atoms with Crippen LogP contribution in [0.15, 0.2) is 47.5 Å². The molecule has 4 N–H and O–H groups in total. The topological polar surface area (TPSA) is 156 Å². The summed E-state index contributed by atoms with van der Waals surface area (Å²) in [6, 6.07) is 11.4. The quantitative estimate of drug-likeness (QED) is 0.171. The Morgan fingerprint density at radius 1 is 1.13 bits per heavy atom. The molecule has 2 amide bonds. The van der Waals surface area contributed by atoms with Gasteiger partial charge in [-0.3, -0.25) is 19.1 Å². The number of rotatable bonds is 9. The van der Waals surface area contributed by atoms with E-state index in [9.17, 15) is 19.5 Å². The van der Waals surface area contributed by atoms with Crippen LogP contribution in [0.25, 0.3) is 5.00 Å². The van der Waals surface area contributed by atoms with Crippen molar-refractivity contribution in [3.05, 3.63) is 91.8 Å². The van der Waals surface area contributed by atoms with E-state index in [-0.39, 0.29) is 48.9 Å². The molecule has 4 aromatic rings. The molecule has 11 nitrogen and oxygen atoms in total. The van der Waals surface area contributed by atoms with Gasteiger partial charge in [-0.15, -0.1) is 21.5 Å². The molecule has 2 aromatic carbocycles. The van der Waals surface area contributed by atoms with Gasteiger partial charge in [0, 0.05) is 52.3 Å². The van der Waals surface area contributed by atoms with E-state index in [1.807, 2.05) is 35.8 Å². The van der Waals surface area contributed by atoms with Crippen LogP contribution in [-0.4, -0.2) is 63.5 Å². The minimum atomic E-state index is -1.12. The van der Waals surface area contributed by atoms with E-state index in [2.05, 4.69) is 41.2 Å². The number of nitrogens with zero attached hydrogens (tertiary/aromatic N) is 5. The van der Waals surface area contributed by atoms with Gasteiger partial charge >= 0.3 is 5.97 Å². The Balaban J connectivity index is 1.28. The van der Waals surface area contributed by atoms with Crippen molar-refractivity contribution in [2.75, 3.05) is 25.0 Å². The Morgan fingerprint density at radius 3 is 2.57 bits per heavy atom. The predicted octanol–water partition coefficient (Wildman–Crippen LogP) is 4.76. The van der Waals surface area contributed by atoms with E-state index >= 15 is 0 Å². The number of anilines is 1. The molecule has 1 aliphatic rings. The van der Waals surface area contributed by atoms with Crippen molar-refractivity contribution in [3.63, 3.8) is 0 Å². The fourth-order valence-corrected chi connectivity index (χ4v) is 6.68. The third-order valence-electron chi connectivity index (χ3n) is 7.95. The van der Waals surface area contributed by atoms with Gasteiger partial charge in [0.2, 0.25) is 11.8 Å². The van der Waals surface area contributed by atoms with Crippen molar-refractivity contribution < 1.29 is 19.5 Å². The standard InChI is InChI=1S/C34H34ClN7O4S/c1-19-20(2)47-33-30(19)31(22-9-11-24(35)12-10-22)38-27(32-40-39-21(3)42(32)33)18-28(43)37-16-6-8-29(44)41(4)25-13-14-26(34(45)46)23(17-25)7-5-15-36/h9-14,17,27H,6,8,15-16,18,36H2,1-4H3,(H,37,43)(H,45,46)/t27-/m0/s1. The molecule has 0 aliphatic carbocycles. The lowest BCUT2D eigenvalue weighted by molar-refractivity contribution is -0.122. The third-order valence-corrected chi connectivity index (χ3v) is 9.39. The minimum Gasteiger partial charge on any atom is -0.478 e. The second-order valence-electron chi connectivity index (χ2n) is 11.1. The number of thiophene rings is 1. The molecule has 242 valence electrons. The van der Waals surface area contributed by atoms with Crippen LogP contribution < -0.4 is 16.0 Å². The van der Waals surface area contributed by atoms with Gasteiger partial charge in [0.25, 0.3) is 0 Å². The smallest absolute Gasteiger partial charge is 0.336 e. The van der Waals surface area contributed by atoms with Crippen LogP contribution in [-0.2, 0) is 9.59 Å². The first kappa shape index (κ1) is 33.5. The maximum atomic E-state index is 13.3. The summed E-state index contributed by atoms with van der Waals surface area (Å²) < 4.78 is 1.99. The van der Waals surface area contributed by atoms with Crippen LogP contribution >= 0.6 is 22.9 Å². The predicted molar refractivity (Wildman–Crippen MR) is 183 cm³/mol. The average Bonchev–Trinajstić information content (AvgIpc) is 3.53. The Hall–Kier alpha value is -4.83. The first-order chi connectivity index (χ1) is 22.5. The van der Waals surface area contributed by atoms with Crippen LogP contribution in [0.3, 0.4) is 0 Å². The number of amides is 2. The molecule has 0 saturated heterocycles. The molecular weight excluding hydrogens is 638 g/mol. The number of aromatic nitrogens is 3. The van der Waals surface area contributed by atoms with E-state index in [4.69, 9.17) is 22.3 Å². The maximum Gasteiger partial charge on any atom is 0.336 e. The Morgan fingerprint density at radius 2 is 1.87 bits per heavy atom. The van der Waals surface area contributed by atoms with Crippen molar-refractivity contribution in [2.24, 2.45) is 10.7 Å². The number of hydrogen-bond donors (Lipinski definition) is 3. The van der Waals surface area contributed by atoms with Crippen molar-refractivity contribution in [3.8, 4) is 16.8 Å². The summed E-state index contributed by atoms with van der Waals surface area (Å²) in [6.07, 6.45) is 0.603. The molecule has 0 fully saturated rings. The summed E-state index contributed by atoms with van der Waals surface area (Å²) in [5, 5.41) is 22.7. The molecule has 0 saturated carbocycles. The first-order valence-corrected chi connectivity index (χ1v) is 16.2. The number of nitrogens with one attached hydrogen (secondary N) is 1. The number of halogens is 1. The van der Waals surface area contributed by atoms with Gasteiger partial charge in [0.1, 0.15) is 16.9 Å². The van der Waals surface area contributed by atoms with Crippen molar-refractivity contribution in [2.45, 2.75) is 46.1 Å². The second kappa shape index (κ2) is 14.3. The summed E-state index contributed by atoms with van der Waals surface area (Å²) in [5.41, 5.74) is 10.0. The highest BCUT2D eigenvalue weighted by molar-refractivity contribution is 7.15. The molecule has 2 aromatic heterocycles. The van der Waals surface area contributed by atoms with Crippen LogP contribution in [0.1, 0.15) is 74.4 Å². The van der Waals surface area contributed by atoms with Gasteiger partial charge in [-0.1, -0.05) is 35.6 Å². The monoisotopic (exact) mass is 671 g/mol. The van der Waals surface area contributed by atoms with Crippen molar-refractivity contribution in [1.82, 2.24) is 20.1 Å². The Labute approximate surface area is 281 Å². The fourth-order valence-electron chi connectivity index (χ4n) is 5.34. The van der Waals surface area contributed by atoms with Crippen molar-refractivity contribution in [1.29, 1.82) is 0 Å². The number of benzene rings is 2. The number of carboxylic acid groups (broad SMARTS) is 1. The number of carbonyl (C=O) groups excluding carboxylic acids is 2. The molecule has 13 heteroatoms. The number of aliphatic imine (C=N–C) groups is 1. The van der Waals surface area contributed by atoms with Gasteiger partial charge in [-0.05, 0) is 63.1 Å². The summed E-state index contributed by atoms with van der Waals surface area (Å²) in [5.74, 6) is 5.17. The van der Waals surface area contributed by atoms with Crippen molar-refractivity contribution >= 4 is 52.1 Å². The zero-order chi connectivity index (χ0) is 33.8. The molecule has 0 spiro atoms. The van der Waals surface area contributed by atoms with E-state index in [1.165, 1.54) is 11.0 Å². The first-order valence-electron chi connectivity index (χ1n) is 15.0. The van der Waals surface area contributed by atoms with Gasteiger partial charge in [0.05, 0.1) is 24.2 Å². The Bertz CT molecular complexity index is 1950. The van der Waals surface area contributed by atoms with E-state index in [1.54, 1.807) is 30.5 Å². The number of aryl methyl sites for hydroxylation is 2. The lowest BCUT2D eigenvalue weighted by atomic mass is 9.99. The van der Waals surface area contributed by atoms with Gasteiger partial charge in [-0.25, -0.2) is 4.79 Å². The van der Waals surface area contributed by atoms with Gasteiger partial charge in [-0.2, -0.15) is 0 Å². The molecule has 0 unspecified atom stereocenters. The largest absolute Gasteiger partial charge is 0.478 e. The molecule has 0 radical (unpaired) electrons. The summed E-state index contributed by atoms with van der Waals surface area (Å²) in [4.78, 5) is 45.5. The Kier molecular flexibility index (Phi) is 10.2. The highest BCUT2D eigenvalue weighted by Gasteiger charge is 2.32. The number of carbonyl (C=O) groups is 3. The highest BCUT2D eigenvalue weighted by Crippen LogP contribution is 2.39. The summed E-state index contributed by atoms with van der Waals surface area (Å²) >= 11 is 7.84.